The van der Waals surface area contributed by atoms with Gasteiger partial charge >= 0.3 is 5.97 Å². The third kappa shape index (κ3) is 4.39. The predicted octanol–water partition coefficient (Wildman–Crippen LogP) is 2.40. The number of amides is 1. The van der Waals surface area contributed by atoms with Crippen LogP contribution in [0.5, 0.6) is 0 Å². The number of benzene rings is 1. The van der Waals surface area contributed by atoms with E-state index in [1.54, 1.807) is 0 Å². The highest BCUT2D eigenvalue weighted by Gasteiger charge is 2.08. The number of rotatable bonds is 5. The molecule has 0 aliphatic rings. The number of carbonyl (C=O) groups excluding carboxylic acids is 1. The quantitative estimate of drug-likeness (QED) is 0.869. The topological polar surface area (TPSA) is 79.3 Å². The van der Waals surface area contributed by atoms with Crippen LogP contribution in [0.3, 0.4) is 0 Å². The maximum atomic E-state index is 11.9. The molecular formula is C15H13BrN2O3. The number of hydrogen-bond donors (Lipinski definition) is 2. The maximum absolute atomic E-state index is 11.9. The van der Waals surface area contributed by atoms with Gasteiger partial charge in [0.05, 0.1) is 24.2 Å². The largest absolute Gasteiger partial charge is 0.478 e. The van der Waals surface area contributed by atoms with E-state index in [2.05, 4.69) is 26.2 Å². The van der Waals surface area contributed by atoms with Crippen LogP contribution in [-0.2, 0) is 17.8 Å². The zero-order valence-electron chi connectivity index (χ0n) is 11.0. The summed E-state index contributed by atoms with van der Waals surface area (Å²) in [6.07, 6.45) is 1.67. The molecule has 1 aromatic carbocycles. The first-order valence-corrected chi connectivity index (χ1v) is 7.04. The number of halogens is 1. The number of carboxylic acids is 1. The molecule has 0 saturated carbocycles. The summed E-state index contributed by atoms with van der Waals surface area (Å²) in [6, 6.07) is 10.3. The molecule has 1 amide bonds. The third-order valence-electron chi connectivity index (χ3n) is 2.84. The van der Waals surface area contributed by atoms with Crippen LogP contribution < -0.4 is 5.32 Å². The Morgan fingerprint density at radius 3 is 2.71 bits per heavy atom. The molecule has 0 spiro atoms. The van der Waals surface area contributed by atoms with E-state index in [9.17, 15) is 9.59 Å². The van der Waals surface area contributed by atoms with Gasteiger partial charge < -0.3 is 10.4 Å². The SMILES string of the molecule is O=C(Cc1ccccc1Br)NCc1cc(C(=O)O)ccn1. The van der Waals surface area contributed by atoms with Crippen LogP contribution in [0.1, 0.15) is 21.6 Å². The van der Waals surface area contributed by atoms with Gasteiger partial charge in [-0.1, -0.05) is 34.1 Å². The van der Waals surface area contributed by atoms with Gasteiger partial charge in [-0.05, 0) is 23.8 Å². The van der Waals surface area contributed by atoms with Crippen LogP contribution in [0, 0.1) is 0 Å². The van der Waals surface area contributed by atoms with Crippen molar-refractivity contribution in [3.8, 4) is 0 Å². The molecule has 1 heterocycles. The first-order valence-electron chi connectivity index (χ1n) is 6.24. The van der Waals surface area contributed by atoms with Gasteiger partial charge in [0, 0.05) is 10.7 Å². The average molecular weight is 349 g/mol. The van der Waals surface area contributed by atoms with Crippen LogP contribution in [0.25, 0.3) is 0 Å². The van der Waals surface area contributed by atoms with E-state index in [1.165, 1.54) is 18.3 Å². The standard InChI is InChI=1S/C15H13BrN2O3/c16-13-4-2-1-3-10(13)8-14(19)18-9-12-7-11(15(20)21)5-6-17-12/h1-7H,8-9H2,(H,18,19)(H,20,21). The van der Waals surface area contributed by atoms with Gasteiger partial charge in [0.25, 0.3) is 0 Å². The molecule has 0 radical (unpaired) electrons. The third-order valence-corrected chi connectivity index (χ3v) is 3.61. The summed E-state index contributed by atoms with van der Waals surface area (Å²) in [5.74, 6) is -1.16. The number of nitrogens with one attached hydrogen (secondary N) is 1. The summed E-state index contributed by atoms with van der Waals surface area (Å²) in [5, 5.41) is 11.6. The highest BCUT2D eigenvalue weighted by molar-refractivity contribution is 9.10. The lowest BCUT2D eigenvalue weighted by molar-refractivity contribution is -0.120. The summed E-state index contributed by atoms with van der Waals surface area (Å²) in [7, 11) is 0. The Bertz CT molecular complexity index is 673. The second kappa shape index (κ2) is 6.99. The molecule has 108 valence electrons. The van der Waals surface area contributed by atoms with Gasteiger partial charge in [-0.2, -0.15) is 0 Å². The summed E-state index contributed by atoms with van der Waals surface area (Å²) in [5.41, 5.74) is 1.55. The first-order chi connectivity index (χ1) is 10.1. The molecule has 2 aromatic rings. The Morgan fingerprint density at radius 2 is 2.00 bits per heavy atom. The Kier molecular flexibility index (Phi) is 5.05. The summed E-state index contributed by atoms with van der Waals surface area (Å²) < 4.78 is 0.881. The second-order valence-corrected chi connectivity index (χ2v) is 5.24. The van der Waals surface area contributed by atoms with Crippen molar-refractivity contribution in [1.82, 2.24) is 10.3 Å². The van der Waals surface area contributed by atoms with Crippen molar-refractivity contribution >= 4 is 27.8 Å². The molecule has 0 saturated heterocycles. The summed E-state index contributed by atoms with van der Waals surface area (Å²) >= 11 is 3.39. The van der Waals surface area contributed by atoms with E-state index < -0.39 is 5.97 Å². The molecular weight excluding hydrogens is 336 g/mol. The fourth-order valence-electron chi connectivity index (χ4n) is 1.77. The van der Waals surface area contributed by atoms with Crippen molar-refractivity contribution < 1.29 is 14.7 Å². The molecule has 0 fully saturated rings. The lowest BCUT2D eigenvalue weighted by atomic mass is 10.1. The summed E-state index contributed by atoms with van der Waals surface area (Å²) in [4.78, 5) is 26.8. The van der Waals surface area contributed by atoms with Gasteiger partial charge in [0.15, 0.2) is 0 Å². The summed E-state index contributed by atoms with van der Waals surface area (Å²) in [6.45, 7) is 0.199. The van der Waals surface area contributed by atoms with E-state index >= 15 is 0 Å². The minimum absolute atomic E-state index is 0.149. The van der Waals surface area contributed by atoms with Crippen molar-refractivity contribution in [2.24, 2.45) is 0 Å². The molecule has 0 unspecified atom stereocenters. The normalized spacial score (nSPS) is 10.1. The number of aromatic carboxylic acids is 1. The molecule has 0 atom stereocenters. The van der Waals surface area contributed by atoms with Crippen molar-refractivity contribution in [3.05, 3.63) is 63.9 Å². The molecule has 2 rings (SSSR count). The molecule has 6 heteroatoms. The fraction of sp³-hybridized carbons (Fsp3) is 0.133. The monoisotopic (exact) mass is 348 g/mol. The van der Waals surface area contributed by atoms with E-state index in [0.29, 0.717) is 5.69 Å². The molecule has 0 bridgehead atoms. The minimum atomic E-state index is -1.02. The van der Waals surface area contributed by atoms with E-state index in [0.717, 1.165) is 10.0 Å². The van der Waals surface area contributed by atoms with E-state index in [4.69, 9.17) is 5.11 Å². The highest BCUT2D eigenvalue weighted by Crippen LogP contribution is 2.16. The van der Waals surface area contributed by atoms with Gasteiger partial charge in [0.1, 0.15) is 0 Å². The van der Waals surface area contributed by atoms with Crippen LogP contribution in [-0.4, -0.2) is 22.0 Å². The Morgan fingerprint density at radius 1 is 1.24 bits per heavy atom. The Hall–Kier alpha value is -2.21. The van der Waals surface area contributed by atoms with E-state index in [-0.39, 0.29) is 24.4 Å². The predicted molar refractivity (Wildman–Crippen MR) is 80.9 cm³/mol. The number of nitrogens with zero attached hydrogens (tertiary/aromatic N) is 1. The number of carboxylic acid groups (broad SMARTS) is 1. The van der Waals surface area contributed by atoms with Crippen LogP contribution in [0.2, 0.25) is 0 Å². The van der Waals surface area contributed by atoms with Crippen molar-refractivity contribution in [1.29, 1.82) is 0 Å². The first kappa shape index (κ1) is 15.2. The fourth-order valence-corrected chi connectivity index (χ4v) is 2.20. The van der Waals surface area contributed by atoms with Crippen LogP contribution >= 0.6 is 15.9 Å². The zero-order chi connectivity index (χ0) is 15.2. The molecule has 2 N–H and O–H groups in total. The molecule has 21 heavy (non-hydrogen) atoms. The number of carbonyl (C=O) groups is 2. The zero-order valence-corrected chi connectivity index (χ0v) is 12.6. The maximum Gasteiger partial charge on any atom is 0.335 e. The van der Waals surface area contributed by atoms with Gasteiger partial charge in [-0.15, -0.1) is 0 Å². The van der Waals surface area contributed by atoms with E-state index in [1.807, 2.05) is 24.3 Å². The van der Waals surface area contributed by atoms with Crippen molar-refractivity contribution in [3.63, 3.8) is 0 Å². The molecule has 1 aromatic heterocycles. The van der Waals surface area contributed by atoms with Gasteiger partial charge in [-0.3, -0.25) is 9.78 Å². The Balaban J connectivity index is 1.94. The molecule has 0 aliphatic heterocycles. The van der Waals surface area contributed by atoms with Crippen molar-refractivity contribution in [2.45, 2.75) is 13.0 Å². The van der Waals surface area contributed by atoms with Crippen molar-refractivity contribution in [2.75, 3.05) is 0 Å². The average Bonchev–Trinajstić information content (AvgIpc) is 2.48. The number of hydrogen-bond acceptors (Lipinski definition) is 3. The highest BCUT2D eigenvalue weighted by atomic mass is 79.9. The number of aromatic nitrogens is 1. The minimum Gasteiger partial charge on any atom is -0.478 e. The second-order valence-electron chi connectivity index (χ2n) is 4.39. The van der Waals surface area contributed by atoms with Crippen LogP contribution in [0.4, 0.5) is 0 Å². The van der Waals surface area contributed by atoms with Gasteiger partial charge in [-0.25, -0.2) is 4.79 Å². The van der Waals surface area contributed by atoms with Gasteiger partial charge in [0.2, 0.25) is 5.91 Å². The smallest absolute Gasteiger partial charge is 0.335 e. The lowest BCUT2D eigenvalue weighted by Crippen LogP contribution is -2.25. The number of pyridine rings is 1. The lowest BCUT2D eigenvalue weighted by Gasteiger charge is -2.07. The Labute approximate surface area is 130 Å². The molecule has 0 aliphatic carbocycles. The van der Waals surface area contributed by atoms with Crippen LogP contribution in [0.15, 0.2) is 47.1 Å². The molecule has 5 nitrogen and oxygen atoms in total.